The molecule has 0 radical (unpaired) electrons. The summed E-state index contributed by atoms with van der Waals surface area (Å²) in [7, 11) is -3.14. The number of halogens is 5. The number of hydrogen-bond acceptors (Lipinski definition) is 2. The zero-order valence-electron chi connectivity index (χ0n) is 10.1. The molecule has 20 heavy (non-hydrogen) atoms. The van der Waals surface area contributed by atoms with Crippen molar-refractivity contribution in [3.63, 3.8) is 0 Å². The first-order valence-corrected chi connectivity index (χ1v) is 8.54. The molecule has 1 fully saturated rings. The lowest BCUT2D eigenvalue weighted by Crippen LogP contribution is -2.12. The molecule has 0 saturated carbocycles. The maximum atomic E-state index is 13.3. The topological polar surface area (TPSA) is 34.1 Å². The van der Waals surface area contributed by atoms with Crippen LogP contribution in [0.4, 0.5) is 17.6 Å². The highest BCUT2D eigenvalue weighted by molar-refractivity contribution is 9.09. The van der Waals surface area contributed by atoms with E-state index in [1.807, 2.05) is 0 Å². The molecule has 2 nitrogen and oxygen atoms in total. The fourth-order valence-electron chi connectivity index (χ4n) is 2.26. The average molecular weight is 375 g/mol. The van der Waals surface area contributed by atoms with E-state index < -0.39 is 32.2 Å². The van der Waals surface area contributed by atoms with E-state index in [9.17, 15) is 26.0 Å². The molecule has 1 aromatic rings. The molecular formula is C12H11BrF4O2S. The fourth-order valence-corrected chi connectivity index (χ4v) is 5.06. The highest BCUT2D eigenvalue weighted by Gasteiger charge is 2.36. The van der Waals surface area contributed by atoms with Gasteiger partial charge >= 0.3 is 6.18 Å². The van der Waals surface area contributed by atoms with Gasteiger partial charge in [-0.1, -0.05) is 15.9 Å². The van der Waals surface area contributed by atoms with Crippen LogP contribution < -0.4 is 0 Å². The zero-order chi connectivity index (χ0) is 15.1. The first kappa shape index (κ1) is 15.8. The van der Waals surface area contributed by atoms with E-state index in [1.54, 1.807) is 0 Å². The van der Waals surface area contributed by atoms with E-state index in [2.05, 4.69) is 15.9 Å². The summed E-state index contributed by atoms with van der Waals surface area (Å²) in [6.45, 7) is 0. The second-order valence-electron chi connectivity index (χ2n) is 4.84. The molecule has 1 saturated heterocycles. The zero-order valence-corrected chi connectivity index (χ0v) is 12.5. The van der Waals surface area contributed by atoms with Gasteiger partial charge in [0.15, 0.2) is 9.84 Å². The largest absolute Gasteiger partial charge is 0.416 e. The van der Waals surface area contributed by atoms with Crippen molar-refractivity contribution in [2.24, 2.45) is 5.92 Å². The summed E-state index contributed by atoms with van der Waals surface area (Å²) in [4.78, 5) is -0.614. The maximum Gasteiger partial charge on any atom is 0.416 e. The molecule has 1 heterocycles. The standard InChI is InChI=1S/C12H11BrF4O2S/c13-11(7-1-2-20(18,19)6-7)8-3-9(12(15,16)17)5-10(14)4-8/h3-5,7,11H,1-2,6H2. The van der Waals surface area contributed by atoms with Gasteiger partial charge in [-0.15, -0.1) is 0 Å². The van der Waals surface area contributed by atoms with Gasteiger partial charge in [0.25, 0.3) is 0 Å². The molecule has 0 bridgehead atoms. The van der Waals surface area contributed by atoms with Crippen LogP contribution in [0.2, 0.25) is 0 Å². The van der Waals surface area contributed by atoms with Gasteiger partial charge in [-0.25, -0.2) is 12.8 Å². The first-order valence-electron chi connectivity index (χ1n) is 5.81. The monoisotopic (exact) mass is 374 g/mol. The Labute approximate surface area is 122 Å². The molecule has 0 N–H and O–H groups in total. The molecule has 0 spiro atoms. The number of alkyl halides is 4. The lowest BCUT2D eigenvalue weighted by molar-refractivity contribution is -0.137. The minimum Gasteiger partial charge on any atom is -0.229 e. The Kier molecular flexibility index (Phi) is 4.17. The summed E-state index contributed by atoms with van der Waals surface area (Å²) in [6, 6.07) is 2.28. The molecule has 2 rings (SSSR count). The van der Waals surface area contributed by atoms with Crippen molar-refractivity contribution in [1.82, 2.24) is 0 Å². The van der Waals surface area contributed by atoms with Gasteiger partial charge in [0.05, 0.1) is 17.1 Å². The number of sulfone groups is 1. The summed E-state index contributed by atoms with van der Waals surface area (Å²) < 4.78 is 74.0. The van der Waals surface area contributed by atoms with Crippen LogP contribution in [0, 0.1) is 11.7 Å². The third-order valence-electron chi connectivity index (χ3n) is 3.25. The molecular weight excluding hydrogens is 364 g/mol. The quantitative estimate of drug-likeness (QED) is 0.584. The lowest BCUT2D eigenvalue weighted by atomic mass is 9.97. The van der Waals surface area contributed by atoms with Gasteiger partial charge in [-0.05, 0) is 36.1 Å². The van der Waals surface area contributed by atoms with Crippen molar-refractivity contribution in [1.29, 1.82) is 0 Å². The van der Waals surface area contributed by atoms with Crippen molar-refractivity contribution in [2.75, 3.05) is 11.5 Å². The van der Waals surface area contributed by atoms with Crippen LogP contribution in [0.3, 0.4) is 0 Å². The Morgan fingerprint density at radius 1 is 1.25 bits per heavy atom. The van der Waals surface area contributed by atoms with Crippen molar-refractivity contribution in [3.8, 4) is 0 Å². The Balaban J connectivity index is 2.31. The average Bonchev–Trinajstić information content (AvgIpc) is 2.67. The van der Waals surface area contributed by atoms with E-state index in [0.29, 0.717) is 12.5 Å². The molecule has 112 valence electrons. The van der Waals surface area contributed by atoms with Gasteiger partial charge in [0.1, 0.15) is 5.82 Å². The van der Waals surface area contributed by atoms with Crippen LogP contribution >= 0.6 is 15.9 Å². The Morgan fingerprint density at radius 3 is 2.40 bits per heavy atom. The predicted octanol–water partition coefficient (Wildman–Crippen LogP) is 3.72. The minimum absolute atomic E-state index is 0.0151. The normalized spacial score (nSPS) is 23.8. The van der Waals surface area contributed by atoms with Crippen molar-refractivity contribution < 1.29 is 26.0 Å². The van der Waals surface area contributed by atoms with Gasteiger partial charge in [0.2, 0.25) is 0 Å². The predicted molar refractivity (Wildman–Crippen MR) is 69.8 cm³/mol. The van der Waals surface area contributed by atoms with Gasteiger partial charge < -0.3 is 0 Å². The molecule has 1 aromatic carbocycles. The summed E-state index contributed by atoms with van der Waals surface area (Å²) in [5, 5.41) is 0. The molecule has 2 atom stereocenters. The Hall–Kier alpha value is -0.630. The number of rotatable bonds is 2. The fraction of sp³-hybridized carbons (Fsp3) is 0.500. The summed E-state index contributed by atoms with van der Waals surface area (Å²) in [6.07, 6.45) is -4.28. The van der Waals surface area contributed by atoms with E-state index in [4.69, 9.17) is 0 Å². The molecule has 1 aliphatic rings. The molecule has 0 amide bonds. The van der Waals surface area contributed by atoms with Crippen LogP contribution in [0.25, 0.3) is 0 Å². The third-order valence-corrected chi connectivity index (χ3v) is 6.32. The van der Waals surface area contributed by atoms with Crippen LogP contribution in [0.15, 0.2) is 18.2 Å². The van der Waals surface area contributed by atoms with E-state index in [-0.39, 0.29) is 23.0 Å². The summed E-state index contributed by atoms with van der Waals surface area (Å²) >= 11 is 3.20. The summed E-state index contributed by atoms with van der Waals surface area (Å²) in [5.41, 5.74) is -0.961. The Morgan fingerprint density at radius 2 is 1.90 bits per heavy atom. The van der Waals surface area contributed by atoms with Crippen molar-refractivity contribution in [2.45, 2.75) is 17.4 Å². The second kappa shape index (κ2) is 5.29. The number of hydrogen-bond donors (Lipinski definition) is 0. The van der Waals surface area contributed by atoms with Gasteiger partial charge in [-0.3, -0.25) is 0 Å². The lowest BCUT2D eigenvalue weighted by Gasteiger charge is -2.18. The Bertz CT molecular complexity index is 612. The second-order valence-corrected chi connectivity index (χ2v) is 8.05. The molecule has 2 unspecified atom stereocenters. The molecule has 0 aliphatic carbocycles. The summed E-state index contributed by atoms with van der Waals surface area (Å²) in [5.74, 6) is -1.41. The van der Waals surface area contributed by atoms with Gasteiger partial charge in [-0.2, -0.15) is 13.2 Å². The molecule has 0 aromatic heterocycles. The smallest absolute Gasteiger partial charge is 0.229 e. The SMILES string of the molecule is O=S1(=O)CCC(C(Br)c2cc(F)cc(C(F)(F)F)c2)C1. The van der Waals surface area contributed by atoms with Crippen LogP contribution in [0.5, 0.6) is 0 Å². The highest BCUT2D eigenvalue weighted by atomic mass is 79.9. The van der Waals surface area contributed by atoms with Crippen LogP contribution in [-0.4, -0.2) is 19.9 Å². The maximum absolute atomic E-state index is 13.3. The van der Waals surface area contributed by atoms with Crippen LogP contribution in [-0.2, 0) is 16.0 Å². The van der Waals surface area contributed by atoms with E-state index in [0.717, 1.165) is 12.1 Å². The van der Waals surface area contributed by atoms with Gasteiger partial charge in [0, 0.05) is 4.83 Å². The van der Waals surface area contributed by atoms with Crippen molar-refractivity contribution in [3.05, 3.63) is 35.1 Å². The van der Waals surface area contributed by atoms with Crippen LogP contribution in [0.1, 0.15) is 22.4 Å². The minimum atomic E-state index is -4.63. The van der Waals surface area contributed by atoms with Crippen molar-refractivity contribution >= 4 is 25.8 Å². The molecule has 8 heteroatoms. The van der Waals surface area contributed by atoms with E-state index >= 15 is 0 Å². The molecule has 1 aliphatic heterocycles. The number of benzene rings is 1. The highest BCUT2D eigenvalue weighted by Crippen LogP contribution is 2.40. The first-order chi connectivity index (χ1) is 9.08. The third kappa shape index (κ3) is 3.52. The van der Waals surface area contributed by atoms with E-state index in [1.165, 1.54) is 0 Å².